The Morgan fingerprint density at radius 1 is 1.22 bits per heavy atom. The Morgan fingerprint density at radius 3 is 2.89 bits per heavy atom. The zero-order valence-corrected chi connectivity index (χ0v) is 11.2. The number of pyridine rings is 1. The Bertz CT molecular complexity index is 587. The van der Waals surface area contributed by atoms with Gasteiger partial charge in [-0.15, -0.1) is 0 Å². The Morgan fingerprint density at radius 2 is 2.06 bits per heavy atom. The predicted octanol–water partition coefficient (Wildman–Crippen LogP) is 3.14. The van der Waals surface area contributed by atoms with Crippen molar-refractivity contribution in [3.05, 3.63) is 40.6 Å². The van der Waals surface area contributed by atoms with Crippen LogP contribution in [0.4, 0.5) is 0 Å². The summed E-state index contributed by atoms with van der Waals surface area (Å²) < 4.78 is 0. The largest absolute Gasteiger partial charge is 0.316 e. The number of aromatic nitrogens is 1. The van der Waals surface area contributed by atoms with E-state index in [-0.39, 0.29) is 0 Å². The molecule has 0 spiro atoms. The van der Waals surface area contributed by atoms with Gasteiger partial charge in [0, 0.05) is 17.6 Å². The van der Waals surface area contributed by atoms with Crippen molar-refractivity contribution in [1.82, 2.24) is 10.3 Å². The predicted molar refractivity (Wildman–Crippen MR) is 75.9 cm³/mol. The zero-order chi connectivity index (χ0) is 12.5. The lowest BCUT2D eigenvalue weighted by molar-refractivity contribution is 0.659. The van der Waals surface area contributed by atoms with Crippen molar-refractivity contribution in [2.45, 2.75) is 39.2 Å². The van der Waals surface area contributed by atoms with Crippen LogP contribution in [0.3, 0.4) is 0 Å². The topological polar surface area (TPSA) is 24.9 Å². The van der Waals surface area contributed by atoms with Gasteiger partial charge < -0.3 is 5.32 Å². The monoisotopic (exact) mass is 240 g/mol. The van der Waals surface area contributed by atoms with E-state index in [0.717, 1.165) is 18.5 Å². The molecule has 1 aliphatic carbocycles. The number of benzene rings is 1. The molecule has 2 heteroatoms. The van der Waals surface area contributed by atoms with Crippen molar-refractivity contribution in [2.75, 3.05) is 7.05 Å². The molecule has 0 amide bonds. The van der Waals surface area contributed by atoms with E-state index in [1.54, 1.807) is 0 Å². The normalized spacial score (nSPS) is 14.8. The summed E-state index contributed by atoms with van der Waals surface area (Å²) in [6.07, 6.45) is 4.94. The molecule has 2 nitrogen and oxygen atoms in total. The van der Waals surface area contributed by atoms with Crippen molar-refractivity contribution in [3.63, 3.8) is 0 Å². The minimum Gasteiger partial charge on any atom is -0.316 e. The Labute approximate surface area is 108 Å². The second-order valence-electron chi connectivity index (χ2n) is 5.27. The molecule has 1 aromatic carbocycles. The maximum atomic E-state index is 4.87. The van der Waals surface area contributed by atoms with Gasteiger partial charge in [0.15, 0.2) is 0 Å². The summed E-state index contributed by atoms with van der Waals surface area (Å²) in [5.74, 6) is 0. The fraction of sp³-hybridized carbons (Fsp3) is 0.438. The van der Waals surface area contributed by atoms with Gasteiger partial charge in [0.05, 0.1) is 5.52 Å². The highest BCUT2D eigenvalue weighted by Gasteiger charge is 2.17. The van der Waals surface area contributed by atoms with Crippen molar-refractivity contribution in [1.29, 1.82) is 0 Å². The first-order valence-corrected chi connectivity index (χ1v) is 6.85. The molecule has 18 heavy (non-hydrogen) atoms. The molecule has 0 saturated carbocycles. The number of hydrogen-bond acceptors (Lipinski definition) is 2. The summed E-state index contributed by atoms with van der Waals surface area (Å²) in [5, 5.41) is 4.66. The minimum atomic E-state index is 0.949. The number of nitrogens with zero attached hydrogens (tertiary/aromatic N) is 1. The molecule has 0 radical (unpaired) electrons. The van der Waals surface area contributed by atoms with Gasteiger partial charge in [-0.2, -0.15) is 0 Å². The van der Waals surface area contributed by atoms with Gasteiger partial charge in [0.2, 0.25) is 0 Å². The van der Waals surface area contributed by atoms with Crippen LogP contribution in [0.15, 0.2) is 18.2 Å². The third kappa shape index (κ3) is 1.91. The highest BCUT2D eigenvalue weighted by Crippen LogP contribution is 2.29. The summed E-state index contributed by atoms with van der Waals surface area (Å²) >= 11 is 0. The standard InChI is InChI=1S/C16H20N2/c1-11-7-8-16-13(9-11)14(10-17-2)12-5-3-4-6-15(12)18-16/h7-9,17H,3-6,10H2,1-2H3. The summed E-state index contributed by atoms with van der Waals surface area (Å²) in [6, 6.07) is 6.61. The molecular weight excluding hydrogens is 220 g/mol. The maximum absolute atomic E-state index is 4.87. The van der Waals surface area contributed by atoms with Crippen LogP contribution in [0, 0.1) is 6.92 Å². The lowest BCUT2D eigenvalue weighted by Gasteiger charge is -2.21. The molecule has 2 aromatic rings. The van der Waals surface area contributed by atoms with E-state index in [1.807, 2.05) is 7.05 Å². The average molecular weight is 240 g/mol. The van der Waals surface area contributed by atoms with E-state index >= 15 is 0 Å². The fourth-order valence-electron chi connectivity index (χ4n) is 3.01. The van der Waals surface area contributed by atoms with Crippen LogP contribution in [-0.4, -0.2) is 12.0 Å². The van der Waals surface area contributed by atoms with E-state index in [0.29, 0.717) is 0 Å². The molecule has 1 aliphatic rings. The van der Waals surface area contributed by atoms with E-state index in [4.69, 9.17) is 4.98 Å². The Kier molecular flexibility index (Phi) is 3.04. The Balaban J connectivity index is 2.30. The van der Waals surface area contributed by atoms with Gasteiger partial charge in [-0.1, -0.05) is 11.6 Å². The van der Waals surface area contributed by atoms with Crippen molar-refractivity contribution < 1.29 is 0 Å². The smallest absolute Gasteiger partial charge is 0.0708 e. The van der Waals surface area contributed by atoms with E-state index in [9.17, 15) is 0 Å². The maximum Gasteiger partial charge on any atom is 0.0708 e. The van der Waals surface area contributed by atoms with Gasteiger partial charge in [0.25, 0.3) is 0 Å². The summed E-state index contributed by atoms with van der Waals surface area (Å²) in [7, 11) is 2.03. The van der Waals surface area contributed by atoms with Crippen LogP contribution in [0.25, 0.3) is 10.9 Å². The van der Waals surface area contributed by atoms with Gasteiger partial charge in [-0.3, -0.25) is 4.98 Å². The molecule has 1 N–H and O–H groups in total. The van der Waals surface area contributed by atoms with Gasteiger partial charge in [0.1, 0.15) is 0 Å². The average Bonchev–Trinajstić information content (AvgIpc) is 2.39. The number of hydrogen-bond donors (Lipinski definition) is 1. The molecule has 0 atom stereocenters. The third-order valence-corrected chi connectivity index (χ3v) is 3.89. The fourth-order valence-corrected chi connectivity index (χ4v) is 3.01. The molecule has 94 valence electrons. The molecule has 3 rings (SSSR count). The minimum absolute atomic E-state index is 0.949. The van der Waals surface area contributed by atoms with Gasteiger partial charge in [-0.25, -0.2) is 0 Å². The van der Waals surface area contributed by atoms with Crippen LogP contribution in [-0.2, 0) is 19.4 Å². The molecule has 1 heterocycles. The molecule has 1 aromatic heterocycles. The first kappa shape index (κ1) is 11.7. The quantitative estimate of drug-likeness (QED) is 0.872. The molecule has 0 unspecified atom stereocenters. The van der Waals surface area contributed by atoms with Gasteiger partial charge in [-0.05, 0) is 62.9 Å². The van der Waals surface area contributed by atoms with Crippen LogP contribution in [0.2, 0.25) is 0 Å². The number of aryl methyl sites for hydroxylation is 2. The second kappa shape index (κ2) is 4.69. The highest BCUT2D eigenvalue weighted by atomic mass is 14.8. The third-order valence-electron chi connectivity index (χ3n) is 3.89. The lowest BCUT2D eigenvalue weighted by atomic mass is 9.89. The number of fused-ring (bicyclic) bond motifs is 2. The molecule has 0 bridgehead atoms. The molecular formula is C16H20N2. The van der Waals surface area contributed by atoms with E-state index in [1.165, 1.54) is 47.0 Å². The van der Waals surface area contributed by atoms with E-state index in [2.05, 4.69) is 30.4 Å². The molecule has 0 aliphatic heterocycles. The van der Waals surface area contributed by atoms with Crippen molar-refractivity contribution in [3.8, 4) is 0 Å². The van der Waals surface area contributed by atoms with Crippen LogP contribution in [0.1, 0.15) is 35.2 Å². The van der Waals surface area contributed by atoms with E-state index < -0.39 is 0 Å². The van der Waals surface area contributed by atoms with Crippen LogP contribution in [0.5, 0.6) is 0 Å². The Hall–Kier alpha value is -1.41. The summed E-state index contributed by atoms with van der Waals surface area (Å²) in [6.45, 7) is 3.10. The molecule has 0 fully saturated rings. The number of rotatable bonds is 2. The second-order valence-corrected chi connectivity index (χ2v) is 5.27. The van der Waals surface area contributed by atoms with Crippen molar-refractivity contribution in [2.24, 2.45) is 0 Å². The van der Waals surface area contributed by atoms with Gasteiger partial charge >= 0.3 is 0 Å². The SMILES string of the molecule is CNCc1c2c(nc3ccc(C)cc13)CCCC2. The lowest BCUT2D eigenvalue weighted by Crippen LogP contribution is -2.14. The summed E-state index contributed by atoms with van der Waals surface area (Å²) in [4.78, 5) is 4.87. The van der Waals surface area contributed by atoms with Crippen LogP contribution >= 0.6 is 0 Å². The summed E-state index contributed by atoms with van der Waals surface area (Å²) in [5.41, 5.74) is 6.79. The van der Waals surface area contributed by atoms with Crippen LogP contribution < -0.4 is 5.32 Å². The molecule has 0 saturated heterocycles. The number of nitrogens with one attached hydrogen (secondary N) is 1. The zero-order valence-electron chi connectivity index (χ0n) is 11.2. The van der Waals surface area contributed by atoms with Crippen molar-refractivity contribution >= 4 is 10.9 Å². The first-order chi connectivity index (χ1) is 8.79. The first-order valence-electron chi connectivity index (χ1n) is 6.85. The highest BCUT2D eigenvalue weighted by molar-refractivity contribution is 5.84.